The second-order valence-electron chi connectivity index (χ2n) is 7.30. The zero-order chi connectivity index (χ0) is 20.4. The molecule has 1 aromatic carbocycles. The summed E-state index contributed by atoms with van der Waals surface area (Å²) in [6.45, 7) is 5.72. The first-order valence-corrected chi connectivity index (χ1v) is 10.8. The zero-order valence-electron chi connectivity index (χ0n) is 16.4. The van der Waals surface area contributed by atoms with E-state index in [9.17, 15) is 4.79 Å². The number of anilines is 2. The maximum Gasteiger partial charge on any atom is 0.229 e. The van der Waals surface area contributed by atoms with Crippen LogP contribution in [0.5, 0.6) is 0 Å². The Labute approximate surface area is 179 Å². The third-order valence-corrected chi connectivity index (χ3v) is 6.30. The van der Waals surface area contributed by atoms with E-state index >= 15 is 0 Å². The molecule has 150 valence electrons. The summed E-state index contributed by atoms with van der Waals surface area (Å²) in [6, 6.07) is 9.89. The van der Waals surface area contributed by atoms with E-state index in [1.165, 1.54) is 22.5 Å². The SMILES string of the molecule is Cc1ccc(-c2csc(NC(=O)C3CCN(c4ccc(Cl)nn4)CC3)n2)cc1C. The van der Waals surface area contributed by atoms with Gasteiger partial charge in [-0.15, -0.1) is 21.5 Å². The molecule has 1 fully saturated rings. The number of thiazole rings is 1. The van der Waals surface area contributed by atoms with Crippen molar-refractivity contribution in [2.24, 2.45) is 5.92 Å². The molecule has 6 nitrogen and oxygen atoms in total. The molecule has 8 heteroatoms. The lowest BCUT2D eigenvalue weighted by Crippen LogP contribution is -2.38. The third-order valence-electron chi connectivity index (χ3n) is 5.34. The number of carbonyl (C=O) groups is 1. The Balaban J connectivity index is 1.35. The lowest BCUT2D eigenvalue weighted by molar-refractivity contribution is -0.120. The number of piperidine rings is 1. The molecule has 1 saturated heterocycles. The summed E-state index contributed by atoms with van der Waals surface area (Å²) in [5.74, 6) is 0.805. The van der Waals surface area contributed by atoms with Crippen LogP contribution in [0, 0.1) is 19.8 Å². The number of nitrogens with one attached hydrogen (secondary N) is 1. The van der Waals surface area contributed by atoms with Gasteiger partial charge in [0.25, 0.3) is 0 Å². The molecular weight excluding hydrogens is 406 g/mol. The van der Waals surface area contributed by atoms with Gasteiger partial charge in [0.05, 0.1) is 5.69 Å². The Morgan fingerprint density at radius 2 is 1.93 bits per heavy atom. The summed E-state index contributed by atoms with van der Waals surface area (Å²) in [7, 11) is 0. The van der Waals surface area contributed by atoms with E-state index in [1.807, 2.05) is 11.4 Å². The maximum absolute atomic E-state index is 12.7. The summed E-state index contributed by atoms with van der Waals surface area (Å²) in [4.78, 5) is 19.4. The minimum atomic E-state index is -0.0273. The Hall–Kier alpha value is -2.51. The van der Waals surface area contributed by atoms with E-state index < -0.39 is 0 Å². The van der Waals surface area contributed by atoms with Crippen molar-refractivity contribution in [2.75, 3.05) is 23.3 Å². The van der Waals surface area contributed by atoms with Crippen LogP contribution in [-0.2, 0) is 4.79 Å². The molecule has 0 saturated carbocycles. The monoisotopic (exact) mass is 427 g/mol. The molecule has 0 spiro atoms. The fourth-order valence-corrected chi connectivity index (χ4v) is 4.24. The van der Waals surface area contributed by atoms with Crippen LogP contribution >= 0.6 is 22.9 Å². The summed E-state index contributed by atoms with van der Waals surface area (Å²) in [5.41, 5.74) is 4.46. The number of aryl methyl sites for hydroxylation is 2. The zero-order valence-corrected chi connectivity index (χ0v) is 17.9. The summed E-state index contributed by atoms with van der Waals surface area (Å²) in [6.07, 6.45) is 1.54. The Bertz CT molecular complexity index is 1010. The van der Waals surface area contributed by atoms with E-state index in [2.05, 4.69) is 57.4 Å². The summed E-state index contributed by atoms with van der Waals surface area (Å²) >= 11 is 7.26. The largest absolute Gasteiger partial charge is 0.355 e. The molecule has 1 N–H and O–H groups in total. The molecule has 0 atom stereocenters. The first kappa shape index (κ1) is 19.8. The van der Waals surface area contributed by atoms with Gasteiger partial charge in [0.1, 0.15) is 0 Å². The fourth-order valence-electron chi connectivity index (χ4n) is 3.42. The van der Waals surface area contributed by atoms with E-state index in [4.69, 9.17) is 11.6 Å². The normalized spacial score (nSPS) is 14.8. The molecule has 29 heavy (non-hydrogen) atoms. The summed E-state index contributed by atoms with van der Waals surface area (Å²) in [5, 5.41) is 14.0. The molecule has 0 unspecified atom stereocenters. The molecule has 3 heterocycles. The van der Waals surface area contributed by atoms with Gasteiger partial charge < -0.3 is 10.2 Å². The molecule has 1 aliphatic rings. The third kappa shape index (κ3) is 4.57. The van der Waals surface area contributed by atoms with Crippen molar-refractivity contribution in [2.45, 2.75) is 26.7 Å². The van der Waals surface area contributed by atoms with E-state index in [-0.39, 0.29) is 11.8 Å². The highest BCUT2D eigenvalue weighted by molar-refractivity contribution is 7.14. The number of halogens is 1. The van der Waals surface area contributed by atoms with Crippen LogP contribution in [0.3, 0.4) is 0 Å². The number of hydrogen-bond donors (Lipinski definition) is 1. The lowest BCUT2D eigenvalue weighted by atomic mass is 9.96. The molecule has 0 aliphatic carbocycles. The molecule has 0 radical (unpaired) electrons. The van der Waals surface area contributed by atoms with Gasteiger partial charge >= 0.3 is 0 Å². The van der Waals surface area contributed by atoms with Gasteiger partial charge in [-0.3, -0.25) is 4.79 Å². The minimum absolute atomic E-state index is 0.0273. The van der Waals surface area contributed by atoms with Crippen molar-refractivity contribution in [3.63, 3.8) is 0 Å². The van der Waals surface area contributed by atoms with Crippen molar-refractivity contribution in [1.82, 2.24) is 15.2 Å². The van der Waals surface area contributed by atoms with Crippen LogP contribution < -0.4 is 10.2 Å². The van der Waals surface area contributed by atoms with Crippen LogP contribution in [0.4, 0.5) is 10.9 Å². The maximum atomic E-state index is 12.7. The molecule has 1 aliphatic heterocycles. The van der Waals surface area contributed by atoms with Gasteiger partial charge in [-0.05, 0) is 56.0 Å². The van der Waals surface area contributed by atoms with Crippen molar-refractivity contribution < 1.29 is 4.79 Å². The van der Waals surface area contributed by atoms with Gasteiger partial charge in [-0.1, -0.05) is 23.7 Å². The van der Waals surface area contributed by atoms with Gasteiger partial charge in [-0.2, -0.15) is 0 Å². The number of amides is 1. The first-order chi connectivity index (χ1) is 14.0. The van der Waals surface area contributed by atoms with Gasteiger partial charge in [-0.25, -0.2) is 4.98 Å². The second-order valence-corrected chi connectivity index (χ2v) is 8.55. The Morgan fingerprint density at radius 3 is 2.62 bits per heavy atom. The highest BCUT2D eigenvalue weighted by Gasteiger charge is 2.26. The second kappa shape index (κ2) is 8.47. The highest BCUT2D eigenvalue weighted by atomic mass is 35.5. The topological polar surface area (TPSA) is 71.0 Å². The predicted octanol–water partition coefficient (Wildman–Crippen LogP) is 4.73. The Morgan fingerprint density at radius 1 is 1.14 bits per heavy atom. The van der Waals surface area contributed by atoms with Crippen molar-refractivity contribution in [1.29, 1.82) is 0 Å². The highest BCUT2D eigenvalue weighted by Crippen LogP contribution is 2.28. The molecule has 4 rings (SSSR count). The standard InChI is InChI=1S/C21H22ClN5OS/c1-13-3-4-16(11-14(13)2)17-12-29-21(23-17)24-20(28)15-7-9-27(10-8-15)19-6-5-18(22)25-26-19/h3-6,11-12,15H,7-10H2,1-2H3,(H,23,24,28). The van der Waals surface area contributed by atoms with Crippen LogP contribution in [0.25, 0.3) is 11.3 Å². The molecule has 1 amide bonds. The van der Waals surface area contributed by atoms with Crippen molar-refractivity contribution in [3.05, 3.63) is 52.0 Å². The van der Waals surface area contributed by atoms with Crippen molar-refractivity contribution >= 4 is 39.8 Å². The summed E-state index contributed by atoms with van der Waals surface area (Å²) < 4.78 is 0. The van der Waals surface area contributed by atoms with Gasteiger partial charge in [0.2, 0.25) is 5.91 Å². The van der Waals surface area contributed by atoms with Crippen LogP contribution in [0.1, 0.15) is 24.0 Å². The number of aromatic nitrogens is 3. The molecule has 0 bridgehead atoms. The van der Waals surface area contributed by atoms with E-state index in [0.717, 1.165) is 43.0 Å². The molecule has 2 aromatic heterocycles. The van der Waals surface area contributed by atoms with Gasteiger partial charge in [0, 0.05) is 30.0 Å². The van der Waals surface area contributed by atoms with E-state index in [0.29, 0.717) is 10.3 Å². The molecular formula is C21H22ClN5OS. The minimum Gasteiger partial charge on any atom is -0.355 e. The average Bonchev–Trinajstić information content (AvgIpc) is 3.19. The Kier molecular flexibility index (Phi) is 5.78. The number of hydrogen-bond acceptors (Lipinski definition) is 6. The molecule has 3 aromatic rings. The van der Waals surface area contributed by atoms with Crippen molar-refractivity contribution in [3.8, 4) is 11.3 Å². The van der Waals surface area contributed by atoms with Gasteiger partial charge in [0.15, 0.2) is 16.1 Å². The number of benzene rings is 1. The first-order valence-electron chi connectivity index (χ1n) is 9.58. The predicted molar refractivity (Wildman–Crippen MR) is 118 cm³/mol. The van der Waals surface area contributed by atoms with Crippen LogP contribution in [-0.4, -0.2) is 34.2 Å². The number of nitrogens with zero attached hydrogens (tertiary/aromatic N) is 4. The smallest absolute Gasteiger partial charge is 0.229 e. The van der Waals surface area contributed by atoms with Crippen LogP contribution in [0.15, 0.2) is 35.7 Å². The fraction of sp³-hybridized carbons (Fsp3) is 0.333. The number of carbonyl (C=O) groups excluding carboxylic acids is 1. The lowest BCUT2D eigenvalue weighted by Gasteiger charge is -2.31. The van der Waals surface area contributed by atoms with Crippen LogP contribution in [0.2, 0.25) is 5.15 Å². The number of rotatable bonds is 4. The average molecular weight is 428 g/mol. The van der Waals surface area contributed by atoms with E-state index in [1.54, 1.807) is 6.07 Å². The quantitative estimate of drug-likeness (QED) is 0.651.